The molecule has 3 N–H and O–H groups in total. The number of rotatable bonds is 11. The maximum Gasteiger partial charge on any atom is 0.410 e. The summed E-state index contributed by atoms with van der Waals surface area (Å²) in [7, 11) is 0. The van der Waals surface area contributed by atoms with Crippen LogP contribution in [0, 0.1) is 5.92 Å². The van der Waals surface area contributed by atoms with Gasteiger partial charge in [-0.15, -0.1) is 0 Å². The van der Waals surface area contributed by atoms with Crippen molar-refractivity contribution in [2.24, 2.45) is 10.9 Å². The fourth-order valence-corrected chi connectivity index (χ4v) is 2.92. The lowest BCUT2D eigenvalue weighted by molar-refractivity contribution is -0.122. The van der Waals surface area contributed by atoms with Gasteiger partial charge < -0.3 is 25.6 Å². The summed E-state index contributed by atoms with van der Waals surface area (Å²) in [6, 6.07) is 3.80. The van der Waals surface area contributed by atoms with Crippen molar-refractivity contribution >= 4 is 18.0 Å². The van der Waals surface area contributed by atoms with Gasteiger partial charge in [0.2, 0.25) is 5.91 Å². The molecule has 0 atom stereocenters. The van der Waals surface area contributed by atoms with E-state index in [2.05, 4.69) is 25.9 Å². The Hall–Kier alpha value is -2.84. The molecule has 178 valence electrons. The van der Waals surface area contributed by atoms with Gasteiger partial charge in [-0.3, -0.25) is 14.8 Å². The Morgan fingerprint density at radius 1 is 1.22 bits per heavy atom. The molecule has 0 saturated heterocycles. The molecule has 0 aromatic carbocycles. The lowest BCUT2D eigenvalue weighted by atomic mass is 10.2. The molecular formula is C23H38N6O3. The number of aromatic nitrogens is 1. The molecule has 1 heterocycles. The topological polar surface area (TPSA) is 108 Å². The van der Waals surface area contributed by atoms with Crippen molar-refractivity contribution in [3.63, 3.8) is 0 Å². The summed E-state index contributed by atoms with van der Waals surface area (Å²) in [6.45, 7) is 11.0. The van der Waals surface area contributed by atoms with E-state index >= 15 is 0 Å². The number of guanidine groups is 1. The number of nitrogens with zero attached hydrogens (tertiary/aromatic N) is 3. The fourth-order valence-electron chi connectivity index (χ4n) is 2.92. The summed E-state index contributed by atoms with van der Waals surface area (Å²) < 4.78 is 5.57. The van der Waals surface area contributed by atoms with E-state index in [0.717, 1.165) is 24.9 Å². The van der Waals surface area contributed by atoms with Gasteiger partial charge in [0.1, 0.15) is 5.60 Å². The van der Waals surface area contributed by atoms with Crippen LogP contribution >= 0.6 is 0 Å². The Kier molecular flexibility index (Phi) is 10.2. The molecule has 9 nitrogen and oxygen atoms in total. The zero-order valence-corrected chi connectivity index (χ0v) is 19.8. The van der Waals surface area contributed by atoms with E-state index < -0.39 is 5.60 Å². The second kappa shape index (κ2) is 12.9. The van der Waals surface area contributed by atoms with E-state index in [0.29, 0.717) is 45.1 Å². The molecule has 1 aromatic rings. The number of pyridine rings is 1. The Bertz CT molecular complexity index is 744. The lowest BCUT2D eigenvalue weighted by Gasteiger charge is -2.27. The van der Waals surface area contributed by atoms with Gasteiger partial charge in [0.05, 0.1) is 6.54 Å². The first kappa shape index (κ1) is 25.4. The lowest BCUT2D eigenvalue weighted by Crippen LogP contribution is -2.42. The van der Waals surface area contributed by atoms with Crippen molar-refractivity contribution in [3.05, 3.63) is 30.1 Å². The van der Waals surface area contributed by atoms with Gasteiger partial charge in [0.15, 0.2) is 5.96 Å². The van der Waals surface area contributed by atoms with Crippen LogP contribution in [0.25, 0.3) is 0 Å². The highest BCUT2D eigenvalue weighted by Gasteiger charge is 2.29. The number of nitrogens with one attached hydrogen (secondary N) is 3. The molecule has 0 bridgehead atoms. The van der Waals surface area contributed by atoms with Crippen LogP contribution in [0.15, 0.2) is 29.5 Å². The third-order valence-electron chi connectivity index (χ3n) is 4.61. The molecule has 32 heavy (non-hydrogen) atoms. The Morgan fingerprint density at radius 3 is 2.59 bits per heavy atom. The van der Waals surface area contributed by atoms with Crippen molar-refractivity contribution in [1.29, 1.82) is 0 Å². The van der Waals surface area contributed by atoms with Crippen molar-refractivity contribution in [2.75, 3.05) is 32.7 Å². The maximum atomic E-state index is 12.7. The number of amides is 2. The van der Waals surface area contributed by atoms with Crippen molar-refractivity contribution in [3.8, 4) is 0 Å². The van der Waals surface area contributed by atoms with Crippen LogP contribution in [0.1, 0.15) is 52.5 Å². The molecule has 2 amide bonds. The maximum absolute atomic E-state index is 12.7. The minimum absolute atomic E-state index is 0.143. The van der Waals surface area contributed by atoms with Gasteiger partial charge in [-0.2, -0.15) is 0 Å². The van der Waals surface area contributed by atoms with E-state index in [1.807, 2.05) is 39.8 Å². The second-order valence-electron chi connectivity index (χ2n) is 8.87. The minimum atomic E-state index is -0.556. The van der Waals surface area contributed by atoms with Gasteiger partial charge in [-0.05, 0) is 58.6 Å². The third-order valence-corrected chi connectivity index (χ3v) is 4.61. The Balaban J connectivity index is 1.82. The zero-order chi connectivity index (χ0) is 23.4. The predicted molar refractivity (Wildman–Crippen MR) is 125 cm³/mol. The van der Waals surface area contributed by atoms with Gasteiger partial charge in [0, 0.05) is 51.0 Å². The molecule has 0 unspecified atom stereocenters. The first-order valence-corrected chi connectivity index (χ1v) is 11.4. The van der Waals surface area contributed by atoms with Crippen LogP contribution in [-0.4, -0.2) is 66.2 Å². The highest BCUT2D eigenvalue weighted by molar-refractivity contribution is 5.81. The van der Waals surface area contributed by atoms with Crippen LogP contribution in [-0.2, 0) is 16.1 Å². The van der Waals surface area contributed by atoms with Crippen LogP contribution in [0.4, 0.5) is 4.79 Å². The standard InChI is InChI=1S/C23H38N6O3/c1-5-25-21(28-14-13-26-20(30)19-9-10-19)27-12-7-15-29(22(31)32-23(2,3)4)17-18-8-6-11-24-16-18/h6,8,11,16,19H,5,7,9-10,12-15,17H2,1-4H3,(H,26,30)(H2,25,27,28). The number of hydrogen-bond donors (Lipinski definition) is 3. The number of hydrogen-bond acceptors (Lipinski definition) is 5. The fraction of sp³-hybridized carbons (Fsp3) is 0.652. The molecule has 1 fully saturated rings. The number of carbonyl (C=O) groups is 2. The van der Waals surface area contributed by atoms with Gasteiger partial charge in [-0.25, -0.2) is 4.79 Å². The zero-order valence-electron chi connectivity index (χ0n) is 19.8. The summed E-state index contributed by atoms with van der Waals surface area (Å²) in [4.78, 5) is 34.8. The molecule has 1 aliphatic rings. The number of ether oxygens (including phenoxy) is 1. The highest BCUT2D eigenvalue weighted by Crippen LogP contribution is 2.28. The molecule has 0 aliphatic heterocycles. The summed E-state index contributed by atoms with van der Waals surface area (Å²) in [5.41, 5.74) is 0.393. The summed E-state index contributed by atoms with van der Waals surface area (Å²) in [5.74, 6) is 1.06. The molecule has 1 aliphatic carbocycles. The molecule has 9 heteroatoms. The summed E-state index contributed by atoms with van der Waals surface area (Å²) in [5, 5.41) is 9.36. The van der Waals surface area contributed by atoms with E-state index in [-0.39, 0.29) is 17.9 Å². The number of aliphatic imine (C=N–C) groups is 1. The molecule has 2 rings (SSSR count). The molecular weight excluding hydrogens is 408 g/mol. The van der Waals surface area contributed by atoms with Crippen LogP contribution < -0.4 is 16.0 Å². The Labute approximate surface area is 191 Å². The smallest absolute Gasteiger partial charge is 0.410 e. The highest BCUT2D eigenvalue weighted by atomic mass is 16.6. The van der Waals surface area contributed by atoms with E-state index in [1.54, 1.807) is 17.3 Å². The number of carbonyl (C=O) groups excluding carboxylic acids is 2. The van der Waals surface area contributed by atoms with Crippen LogP contribution in [0.2, 0.25) is 0 Å². The van der Waals surface area contributed by atoms with Gasteiger partial charge in [0.25, 0.3) is 0 Å². The first-order chi connectivity index (χ1) is 15.3. The Morgan fingerprint density at radius 2 is 1.97 bits per heavy atom. The van der Waals surface area contributed by atoms with E-state index in [4.69, 9.17) is 4.74 Å². The summed E-state index contributed by atoms with van der Waals surface area (Å²) >= 11 is 0. The van der Waals surface area contributed by atoms with E-state index in [9.17, 15) is 9.59 Å². The van der Waals surface area contributed by atoms with Crippen molar-refractivity contribution in [1.82, 2.24) is 25.8 Å². The second-order valence-corrected chi connectivity index (χ2v) is 8.87. The largest absolute Gasteiger partial charge is 0.444 e. The predicted octanol–water partition coefficient (Wildman–Crippen LogP) is 2.29. The molecule has 0 spiro atoms. The normalized spacial score (nSPS) is 13.9. The minimum Gasteiger partial charge on any atom is -0.444 e. The van der Waals surface area contributed by atoms with Crippen LogP contribution in [0.5, 0.6) is 0 Å². The van der Waals surface area contributed by atoms with Crippen LogP contribution in [0.3, 0.4) is 0 Å². The van der Waals surface area contributed by atoms with Gasteiger partial charge >= 0.3 is 6.09 Å². The third kappa shape index (κ3) is 10.5. The SMILES string of the molecule is CCNC(=NCCCN(Cc1cccnc1)C(=O)OC(C)(C)C)NCCNC(=O)C1CC1. The molecule has 1 aromatic heterocycles. The quantitative estimate of drug-likeness (QED) is 0.273. The molecule has 0 radical (unpaired) electrons. The molecule has 1 saturated carbocycles. The van der Waals surface area contributed by atoms with E-state index in [1.165, 1.54) is 0 Å². The first-order valence-electron chi connectivity index (χ1n) is 11.4. The summed E-state index contributed by atoms with van der Waals surface area (Å²) in [6.07, 6.45) is 5.82. The average Bonchev–Trinajstić information content (AvgIpc) is 3.58. The van der Waals surface area contributed by atoms with Crippen molar-refractivity contribution in [2.45, 2.75) is 59.1 Å². The van der Waals surface area contributed by atoms with Crippen molar-refractivity contribution < 1.29 is 14.3 Å². The van der Waals surface area contributed by atoms with Gasteiger partial charge in [-0.1, -0.05) is 6.07 Å². The average molecular weight is 447 g/mol. The monoisotopic (exact) mass is 446 g/mol.